The van der Waals surface area contributed by atoms with Gasteiger partial charge in [0, 0.05) is 5.57 Å². The summed E-state index contributed by atoms with van der Waals surface area (Å²) in [4.78, 5) is 33.8. The van der Waals surface area contributed by atoms with E-state index in [0.717, 1.165) is 0 Å². The molecule has 0 saturated heterocycles. The van der Waals surface area contributed by atoms with Crippen LogP contribution in [0.5, 0.6) is 0 Å². The van der Waals surface area contributed by atoms with Crippen LogP contribution in [0.3, 0.4) is 0 Å². The van der Waals surface area contributed by atoms with Crippen molar-refractivity contribution in [3.05, 3.63) is 47.0 Å². The van der Waals surface area contributed by atoms with E-state index in [0.29, 0.717) is 0 Å². The molecule has 5 heteroatoms. The van der Waals surface area contributed by atoms with E-state index in [2.05, 4.69) is 11.3 Å². The average molecular weight is 248 g/mol. The summed E-state index contributed by atoms with van der Waals surface area (Å²) in [6.07, 6.45) is 0. The molecule has 5 nitrogen and oxygen atoms in total. The molecule has 0 fully saturated rings. The number of ether oxygens (including phenoxy) is 1. The normalized spacial score (nSPS) is 9.67. The molecule has 0 aliphatic rings. The number of hydrogen-bond donors (Lipinski definition) is 1. The van der Waals surface area contributed by atoms with Gasteiger partial charge < -0.3 is 9.84 Å². The third-order valence-corrected chi connectivity index (χ3v) is 2.32. The largest absolute Gasteiger partial charge is 0.478 e. The molecule has 0 aliphatic heterocycles. The molecule has 0 radical (unpaired) electrons. The first-order valence-electron chi connectivity index (χ1n) is 5.09. The average Bonchev–Trinajstić information content (AvgIpc) is 2.28. The van der Waals surface area contributed by atoms with Crippen LogP contribution in [-0.2, 0) is 9.53 Å². The minimum Gasteiger partial charge on any atom is -0.478 e. The molecular weight excluding hydrogens is 236 g/mol. The molecule has 0 saturated carbocycles. The highest BCUT2D eigenvalue weighted by molar-refractivity contribution is 6.04. The Morgan fingerprint density at radius 1 is 1.22 bits per heavy atom. The maximum atomic E-state index is 11.7. The lowest BCUT2D eigenvalue weighted by atomic mass is 10.0. The molecular formula is C13H12O5. The first-order valence-corrected chi connectivity index (χ1v) is 5.09. The van der Waals surface area contributed by atoms with Gasteiger partial charge in [-0.1, -0.05) is 12.6 Å². The van der Waals surface area contributed by atoms with Gasteiger partial charge in [-0.3, -0.25) is 0 Å². The van der Waals surface area contributed by atoms with Crippen molar-refractivity contribution in [2.24, 2.45) is 0 Å². The van der Waals surface area contributed by atoms with Gasteiger partial charge in [0.1, 0.15) is 0 Å². The fourth-order valence-corrected chi connectivity index (χ4v) is 1.31. The molecule has 0 spiro atoms. The maximum Gasteiger partial charge on any atom is 0.346 e. The summed E-state index contributed by atoms with van der Waals surface area (Å²) >= 11 is 0. The lowest BCUT2D eigenvalue weighted by Crippen LogP contribution is -2.15. The topological polar surface area (TPSA) is 80.7 Å². The summed E-state index contributed by atoms with van der Waals surface area (Å²) < 4.78 is 4.54. The molecule has 1 aromatic rings. The van der Waals surface area contributed by atoms with Gasteiger partial charge >= 0.3 is 17.9 Å². The van der Waals surface area contributed by atoms with Crippen LogP contribution in [0.1, 0.15) is 33.2 Å². The van der Waals surface area contributed by atoms with Gasteiger partial charge in [0.05, 0.1) is 11.1 Å². The third-order valence-electron chi connectivity index (χ3n) is 2.32. The minimum absolute atomic E-state index is 0.00720. The molecule has 0 aromatic heterocycles. The standard InChI is InChI=1S/C13H12O5/c1-7(2)12(16)18-13(17)10-6-4-5-9(8(10)3)11(14)15/h4-6H,1H2,2-3H3,(H,14,15). The van der Waals surface area contributed by atoms with Crippen molar-refractivity contribution in [1.82, 2.24) is 0 Å². The number of hydrogen-bond acceptors (Lipinski definition) is 4. The summed E-state index contributed by atoms with van der Waals surface area (Å²) in [6.45, 7) is 6.24. The number of carboxylic acid groups (broad SMARTS) is 1. The highest BCUT2D eigenvalue weighted by atomic mass is 16.6. The van der Waals surface area contributed by atoms with Crippen LogP contribution < -0.4 is 0 Å². The van der Waals surface area contributed by atoms with Gasteiger partial charge in [-0.25, -0.2) is 14.4 Å². The van der Waals surface area contributed by atoms with Crippen molar-refractivity contribution in [3.8, 4) is 0 Å². The molecule has 0 atom stereocenters. The molecule has 0 heterocycles. The van der Waals surface area contributed by atoms with E-state index < -0.39 is 17.9 Å². The van der Waals surface area contributed by atoms with Crippen molar-refractivity contribution in [2.75, 3.05) is 0 Å². The molecule has 94 valence electrons. The first kappa shape index (κ1) is 13.6. The maximum absolute atomic E-state index is 11.7. The van der Waals surface area contributed by atoms with Crippen LogP contribution in [0.25, 0.3) is 0 Å². The van der Waals surface area contributed by atoms with E-state index in [4.69, 9.17) is 5.11 Å². The first-order chi connectivity index (χ1) is 8.34. The van der Waals surface area contributed by atoms with Gasteiger partial charge in [-0.15, -0.1) is 0 Å². The molecule has 18 heavy (non-hydrogen) atoms. The molecule has 0 unspecified atom stereocenters. The zero-order valence-corrected chi connectivity index (χ0v) is 10.0. The Morgan fingerprint density at radius 3 is 2.28 bits per heavy atom. The molecule has 1 aromatic carbocycles. The van der Waals surface area contributed by atoms with Crippen LogP contribution in [0.15, 0.2) is 30.4 Å². The molecule has 0 amide bonds. The smallest absolute Gasteiger partial charge is 0.346 e. The molecule has 1 rings (SSSR count). The van der Waals surface area contributed by atoms with E-state index in [1.54, 1.807) is 0 Å². The Hall–Kier alpha value is -2.43. The number of aromatic carboxylic acids is 1. The molecule has 1 N–H and O–H groups in total. The monoisotopic (exact) mass is 248 g/mol. The van der Waals surface area contributed by atoms with Crippen LogP contribution >= 0.6 is 0 Å². The van der Waals surface area contributed by atoms with E-state index in [1.165, 1.54) is 32.0 Å². The van der Waals surface area contributed by atoms with E-state index >= 15 is 0 Å². The fraction of sp³-hybridized carbons (Fsp3) is 0.154. The Labute approximate surface area is 104 Å². The van der Waals surface area contributed by atoms with Crippen molar-refractivity contribution in [3.63, 3.8) is 0 Å². The number of carbonyl (C=O) groups is 3. The highest BCUT2D eigenvalue weighted by Crippen LogP contribution is 2.15. The van der Waals surface area contributed by atoms with Gasteiger partial charge in [-0.2, -0.15) is 0 Å². The quantitative estimate of drug-likeness (QED) is 0.502. The lowest BCUT2D eigenvalue weighted by molar-refractivity contribution is -0.133. The second-order valence-electron chi connectivity index (χ2n) is 3.74. The summed E-state index contributed by atoms with van der Waals surface area (Å²) in [7, 11) is 0. The Balaban J connectivity index is 3.07. The fourth-order valence-electron chi connectivity index (χ4n) is 1.31. The van der Waals surface area contributed by atoms with E-state index in [-0.39, 0.29) is 22.3 Å². The zero-order chi connectivity index (χ0) is 13.9. The summed E-state index contributed by atoms with van der Waals surface area (Å²) in [5, 5.41) is 8.91. The van der Waals surface area contributed by atoms with Crippen molar-refractivity contribution in [2.45, 2.75) is 13.8 Å². The second kappa shape index (κ2) is 5.27. The van der Waals surface area contributed by atoms with E-state index in [1.807, 2.05) is 0 Å². The van der Waals surface area contributed by atoms with Gasteiger partial charge in [0.25, 0.3) is 0 Å². The number of benzene rings is 1. The third kappa shape index (κ3) is 2.82. The van der Waals surface area contributed by atoms with Crippen LogP contribution in [0.2, 0.25) is 0 Å². The Bertz CT molecular complexity index is 542. The minimum atomic E-state index is -1.15. The SMILES string of the molecule is C=C(C)C(=O)OC(=O)c1cccc(C(=O)O)c1C. The highest BCUT2D eigenvalue weighted by Gasteiger charge is 2.19. The van der Waals surface area contributed by atoms with Crippen LogP contribution in [0, 0.1) is 6.92 Å². The van der Waals surface area contributed by atoms with Crippen molar-refractivity contribution >= 4 is 17.9 Å². The van der Waals surface area contributed by atoms with Gasteiger partial charge in [0.15, 0.2) is 0 Å². The van der Waals surface area contributed by atoms with Crippen LogP contribution in [-0.4, -0.2) is 23.0 Å². The van der Waals surface area contributed by atoms with E-state index in [9.17, 15) is 14.4 Å². The summed E-state index contributed by atoms with van der Waals surface area (Å²) in [5.41, 5.74) is 0.386. The molecule has 0 bridgehead atoms. The number of carbonyl (C=O) groups excluding carboxylic acids is 2. The summed E-state index contributed by atoms with van der Waals surface area (Å²) in [6, 6.07) is 4.18. The number of carboxylic acids is 1. The van der Waals surface area contributed by atoms with Crippen molar-refractivity contribution < 1.29 is 24.2 Å². The molecule has 0 aliphatic carbocycles. The second-order valence-corrected chi connectivity index (χ2v) is 3.74. The predicted octanol–water partition coefficient (Wildman–Crippen LogP) is 1.95. The predicted molar refractivity (Wildman–Crippen MR) is 63.4 cm³/mol. The lowest BCUT2D eigenvalue weighted by Gasteiger charge is -2.07. The van der Waals surface area contributed by atoms with Gasteiger partial charge in [0.2, 0.25) is 0 Å². The van der Waals surface area contributed by atoms with Crippen molar-refractivity contribution in [1.29, 1.82) is 0 Å². The Kier molecular flexibility index (Phi) is 3.99. The van der Waals surface area contributed by atoms with Gasteiger partial charge in [-0.05, 0) is 31.5 Å². The summed E-state index contributed by atoms with van der Waals surface area (Å²) in [5.74, 6) is -2.86. The Morgan fingerprint density at radius 2 is 1.78 bits per heavy atom. The zero-order valence-electron chi connectivity index (χ0n) is 10.0. The number of rotatable bonds is 3. The number of esters is 2. The van der Waals surface area contributed by atoms with Crippen LogP contribution in [0.4, 0.5) is 0 Å².